The summed E-state index contributed by atoms with van der Waals surface area (Å²) in [5.74, 6) is 0. The van der Waals surface area contributed by atoms with E-state index in [1.807, 2.05) is 47.6 Å². The van der Waals surface area contributed by atoms with E-state index in [4.69, 9.17) is 0 Å². The minimum Gasteiger partial charge on any atom is -0.103 e. The Hall–Kier alpha value is -0.260. The Bertz CT molecular complexity index is 27.0. The Balaban J connectivity index is -0.0000000255. The first kappa shape index (κ1) is 29.2. The topological polar surface area (TPSA) is 0 Å². The molecule has 0 aliphatic carbocycles. The maximum absolute atomic E-state index is 3.48. The molecule has 0 nitrogen and oxygen atoms in total. The van der Waals surface area contributed by atoms with E-state index >= 15 is 0 Å². The summed E-state index contributed by atoms with van der Waals surface area (Å²) in [4.78, 5) is 0. The average molecular weight is 204 g/mol. The van der Waals surface area contributed by atoms with Crippen molar-refractivity contribution in [1.82, 2.24) is 0 Å². The van der Waals surface area contributed by atoms with Crippen LogP contribution in [0, 0.1) is 0 Å². The Labute approximate surface area is 94.8 Å². The molecule has 0 N–H and O–H groups in total. The van der Waals surface area contributed by atoms with Crippen LogP contribution in [0.4, 0.5) is 0 Å². The van der Waals surface area contributed by atoms with Crippen LogP contribution in [0.25, 0.3) is 0 Å². The Morgan fingerprint density at radius 2 is 0.857 bits per heavy atom. The SMILES string of the molecule is C=CCC.CC.CC.CC.CCCC. The number of hydrogen-bond donors (Lipinski definition) is 0. The van der Waals surface area contributed by atoms with Gasteiger partial charge in [-0.05, 0) is 6.42 Å². The molecule has 0 saturated heterocycles. The maximum atomic E-state index is 3.48. The molecule has 0 amide bonds. The molecule has 0 aliphatic heterocycles. The smallest absolute Gasteiger partial charge is 0.0382 e. The first-order valence-corrected chi connectivity index (χ1v) is 6.44. The zero-order valence-corrected chi connectivity index (χ0v) is 12.4. The maximum Gasteiger partial charge on any atom is -0.0382 e. The summed E-state index contributed by atoms with van der Waals surface area (Å²) in [6.45, 7) is 21.9. The Kier molecular flexibility index (Phi) is 262. The summed E-state index contributed by atoms with van der Waals surface area (Å²) in [6, 6.07) is 0. The molecule has 0 atom stereocenters. The van der Waals surface area contributed by atoms with E-state index in [0.29, 0.717) is 0 Å². The third-order valence-electron chi connectivity index (χ3n) is 0.789. The summed E-state index contributed by atoms with van der Waals surface area (Å²) in [6.07, 6.45) is 5.60. The molecule has 92 valence electrons. The van der Waals surface area contributed by atoms with Gasteiger partial charge in [0.1, 0.15) is 0 Å². The van der Waals surface area contributed by atoms with E-state index in [0.717, 1.165) is 6.42 Å². The van der Waals surface area contributed by atoms with Crippen molar-refractivity contribution in [3.05, 3.63) is 12.7 Å². The second-order valence-corrected chi connectivity index (χ2v) is 1.70. The highest BCUT2D eigenvalue weighted by atomic mass is 13.6. The third kappa shape index (κ3) is 447. The van der Waals surface area contributed by atoms with Crippen LogP contribution < -0.4 is 0 Å². The molecule has 0 aromatic carbocycles. The normalized spacial score (nSPS) is 5.21. The largest absolute Gasteiger partial charge is 0.103 e. The van der Waals surface area contributed by atoms with Gasteiger partial charge in [0.2, 0.25) is 0 Å². The van der Waals surface area contributed by atoms with E-state index in [2.05, 4.69) is 27.4 Å². The molecule has 0 aromatic rings. The predicted octanol–water partition coefficient (Wildman–Crippen LogP) is 6.47. The van der Waals surface area contributed by atoms with E-state index < -0.39 is 0 Å². The zero-order valence-electron chi connectivity index (χ0n) is 12.4. The van der Waals surface area contributed by atoms with Gasteiger partial charge in [0, 0.05) is 0 Å². The summed E-state index contributed by atoms with van der Waals surface area (Å²) in [7, 11) is 0. The summed E-state index contributed by atoms with van der Waals surface area (Å²) >= 11 is 0. The minimum absolute atomic E-state index is 1.08. The fraction of sp³-hybridized carbons (Fsp3) is 0.857. The van der Waals surface area contributed by atoms with Crippen molar-refractivity contribution in [3.63, 3.8) is 0 Å². The van der Waals surface area contributed by atoms with Crippen molar-refractivity contribution >= 4 is 0 Å². The van der Waals surface area contributed by atoms with Crippen LogP contribution in [0.5, 0.6) is 0 Å². The molecular formula is C14H36. The second kappa shape index (κ2) is 126. The average Bonchev–Trinajstić information content (AvgIpc) is 2.36. The van der Waals surface area contributed by atoms with E-state index in [-0.39, 0.29) is 0 Å². The van der Waals surface area contributed by atoms with Crippen LogP contribution >= 0.6 is 0 Å². The molecule has 0 heteroatoms. The third-order valence-corrected chi connectivity index (χ3v) is 0.789. The van der Waals surface area contributed by atoms with Crippen molar-refractivity contribution in [3.8, 4) is 0 Å². The van der Waals surface area contributed by atoms with Crippen LogP contribution in [0.3, 0.4) is 0 Å². The van der Waals surface area contributed by atoms with Crippen molar-refractivity contribution in [2.75, 3.05) is 0 Å². The monoisotopic (exact) mass is 204 g/mol. The number of rotatable bonds is 2. The molecule has 0 fully saturated rings. The fourth-order valence-electron chi connectivity index (χ4n) is 0. The van der Waals surface area contributed by atoms with Crippen LogP contribution in [-0.2, 0) is 0 Å². The lowest BCUT2D eigenvalue weighted by Gasteiger charge is -1.68. The first-order chi connectivity index (χ1) is 6.83. The van der Waals surface area contributed by atoms with Crippen LogP contribution in [0.2, 0.25) is 0 Å². The van der Waals surface area contributed by atoms with Gasteiger partial charge in [-0.1, -0.05) is 81.2 Å². The van der Waals surface area contributed by atoms with E-state index in [1.54, 1.807) is 0 Å². The van der Waals surface area contributed by atoms with Gasteiger partial charge < -0.3 is 0 Å². The Morgan fingerprint density at radius 3 is 0.857 bits per heavy atom. The minimum atomic E-state index is 1.08. The standard InChI is InChI=1S/C4H10.C4H8.3C2H6/c2*1-3-4-2;3*1-2/h3-4H2,1-2H3;3H,1,4H2,2H3;3*1-2H3. The van der Waals surface area contributed by atoms with Crippen molar-refractivity contribution in [2.24, 2.45) is 0 Å². The molecule has 0 heterocycles. The molecular weight excluding hydrogens is 168 g/mol. The molecule has 0 saturated carbocycles. The quantitative estimate of drug-likeness (QED) is 0.452. The summed E-state index contributed by atoms with van der Waals surface area (Å²) in [5.41, 5.74) is 0. The van der Waals surface area contributed by atoms with Gasteiger partial charge in [-0.25, -0.2) is 0 Å². The van der Waals surface area contributed by atoms with Gasteiger partial charge in [-0.2, -0.15) is 0 Å². The molecule has 0 bridgehead atoms. The van der Waals surface area contributed by atoms with Crippen LogP contribution in [0.15, 0.2) is 12.7 Å². The second-order valence-electron chi connectivity index (χ2n) is 1.70. The summed E-state index contributed by atoms with van der Waals surface area (Å²) < 4.78 is 0. The molecule has 0 radical (unpaired) electrons. The highest BCUT2D eigenvalue weighted by Gasteiger charge is 1.56. The van der Waals surface area contributed by atoms with Gasteiger partial charge in [-0.3, -0.25) is 0 Å². The first-order valence-electron chi connectivity index (χ1n) is 6.44. The highest BCUT2D eigenvalue weighted by Crippen LogP contribution is 1.76. The van der Waals surface area contributed by atoms with Gasteiger partial charge >= 0.3 is 0 Å². The zero-order chi connectivity index (χ0) is 12.8. The summed E-state index contributed by atoms with van der Waals surface area (Å²) in [5, 5.41) is 0. The predicted molar refractivity (Wildman–Crippen MR) is 75.1 cm³/mol. The Morgan fingerprint density at radius 1 is 0.714 bits per heavy atom. The number of allylic oxidation sites excluding steroid dienone is 1. The van der Waals surface area contributed by atoms with Crippen molar-refractivity contribution in [2.45, 2.75) is 81.6 Å². The number of hydrogen-bond acceptors (Lipinski definition) is 0. The van der Waals surface area contributed by atoms with E-state index in [9.17, 15) is 0 Å². The van der Waals surface area contributed by atoms with Crippen LogP contribution in [-0.4, -0.2) is 0 Å². The van der Waals surface area contributed by atoms with Crippen LogP contribution in [0.1, 0.15) is 81.6 Å². The van der Waals surface area contributed by atoms with E-state index in [1.165, 1.54) is 12.8 Å². The van der Waals surface area contributed by atoms with Crippen molar-refractivity contribution < 1.29 is 0 Å². The molecule has 0 spiro atoms. The van der Waals surface area contributed by atoms with Crippen molar-refractivity contribution in [1.29, 1.82) is 0 Å². The van der Waals surface area contributed by atoms with Gasteiger partial charge in [0.25, 0.3) is 0 Å². The van der Waals surface area contributed by atoms with Gasteiger partial charge in [-0.15, -0.1) is 6.58 Å². The molecule has 0 aromatic heterocycles. The molecule has 0 rings (SSSR count). The molecule has 0 aliphatic rings. The molecule has 14 heavy (non-hydrogen) atoms. The lowest BCUT2D eigenvalue weighted by atomic mass is 10.4. The molecule has 0 unspecified atom stereocenters. The lowest BCUT2D eigenvalue weighted by Crippen LogP contribution is -1.47. The van der Waals surface area contributed by atoms with Gasteiger partial charge in [0.05, 0.1) is 0 Å². The highest BCUT2D eigenvalue weighted by molar-refractivity contribution is 4.60. The number of unbranched alkanes of at least 4 members (excludes halogenated alkanes) is 1. The van der Waals surface area contributed by atoms with Gasteiger partial charge in [0.15, 0.2) is 0 Å². The fourth-order valence-corrected chi connectivity index (χ4v) is 0. The lowest BCUT2D eigenvalue weighted by molar-refractivity contribution is 0.886.